The summed E-state index contributed by atoms with van der Waals surface area (Å²) in [6, 6.07) is 9.81. The number of nitrogens with zero attached hydrogens (tertiary/aromatic N) is 5. The third-order valence-corrected chi connectivity index (χ3v) is 3.73. The topological polar surface area (TPSA) is 82.0 Å². The molecular formula is C15H15N5O. The number of hydrogen-bond acceptors (Lipinski definition) is 3. The Balaban J connectivity index is 1.88. The summed E-state index contributed by atoms with van der Waals surface area (Å²) in [6.45, 7) is 2.92. The molecule has 6 nitrogen and oxygen atoms in total. The van der Waals surface area contributed by atoms with E-state index in [1.807, 2.05) is 37.3 Å². The fourth-order valence-electron chi connectivity index (χ4n) is 2.69. The van der Waals surface area contributed by atoms with Gasteiger partial charge in [-0.05, 0) is 42.6 Å². The van der Waals surface area contributed by atoms with E-state index in [4.69, 9.17) is 5.53 Å². The molecule has 0 aliphatic carbocycles. The molecular weight excluding hydrogens is 266 g/mol. The Bertz CT molecular complexity index is 751. The molecule has 1 unspecified atom stereocenters. The van der Waals surface area contributed by atoms with Gasteiger partial charge in [-0.15, -0.1) is 0 Å². The number of benzene rings is 1. The molecule has 2 heterocycles. The molecule has 1 saturated heterocycles. The molecule has 1 aliphatic heterocycles. The van der Waals surface area contributed by atoms with E-state index < -0.39 is 0 Å². The third kappa shape index (κ3) is 2.66. The number of carbonyl (C=O) groups is 1. The second kappa shape index (κ2) is 5.42. The number of pyridine rings is 1. The van der Waals surface area contributed by atoms with E-state index in [0.29, 0.717) is 19.5 Å². The first-order valence-electron chi connectivity index (χ1n) is 6.86. The number of aryl methyl sites for hydroxylation is 1. The molecule has 0 saturated carbocycles. The van der Waals surface area contributed by atoms with Gasteiger partial charge in [-0.25, -0.2) is 0 Å². The van der Waals surface area contributed by atoms with E-state index >= 15 is 0 Å². The van der Waals surface area contributed by atoms with Crippen molar-refractivity contribution in [3.63, 3.8) is 0 Å². The van der Waals surface area contributed by atoms with Crippen molar-refractivity contribution in [3.05, 3.63) is 46.5 Å². The summed E-state index contributed by atoms with van der Waals surface area (Å²) in [5, 5.41) is 4.59. The Morgan fingerprint density at radius 2 is 2.29 bits per heavy atom. The molecule has 2 aromatic rings. The first-order valence-corrected chi connectivity index (χ1v) is 6.86. The fourth-order valence-corrected chi connectivity index (χ4v) is 2.69. The highest BCUT2D eigenvalue weighted by atomic mass is 16.2. The van der Waals surface area contributed by atoms with Crippen molar-refractivity contribution in [2.75, 3.05) is 18.0 Å². The molecule has 1 aromatic carbocycles. The summed E-state index contributed by atoms with van der Waals surface area (Å²) in [5.41, 5.74) is 11.1. The van der Waals surface area contributed by atoms with E-state index in [9.17, 15) is 4.79 Å². The monoisotopic (exact) mass is 281 g/mol. The lowest BCUT2D eigenvalue weighted by molar-refractivity contribution is -0.117. The van der Waals surface area contributed by atoms with E-state index in [2.05, 4.69) is 15.0 Å². The second-order valence-electron chi connectivity index (χ2n) is 5.32. The summed E-state index contributed by atoms with van der Waals surface area (Å²) in [4.78, 5) is 21.1. The highest BCUT2D eigenvalue weighted by Gasteiger charge is 2.30. The van der Waals surface area contributed by atoms with Crippen LogP contribution in [0.15, 0.2) is 35.4 Å². The standard InChI is InChI=1S/C15H15N5O/c1-10-2-3-12-7-13(4-5-14(12)18-10)20-9-11(6-15(20)21)8-17-19-16/h2-5,7,11H,6,8-9H2,1H3. The van der Waals surface area contributed by atoms with Gasteiger partial charge >= 0.3 is 0 Å². The average molecular weight is 281 g/mol. The van der Waals surface area contributed by atoms with Crippen molar-refractivity contribution in [3.8, 4) is 0 Å². The van der Waals surface area contributed by atoms with Crippen LogP contribution >= 0.6 is 0 Å². The Morgan fingerprint density at radius 1 is 1.43 bits per heavy atom. The largest absolute Gasteiger partial charge is 0.312 e. The summed E-state index contributed by atoms with van der Waals surface area (Å²) < 4.78 is 0. The van der Waals surface area contributed by atoms with Crippen LogP contribution in [0.2, 0.25) is 0 Å². The van der Waals surface area contributed by atoms with Crippen molar-refractivity contribution in [2.24, 2.45) is 11.0 Å². The minimum absolute atomic E-state index is 0.0764. The maximum absolute atomic E-state index is 12.1. The van der Waals surface area contributed by atoms with Gasteiger partial charge in [0.2, 0.25) is 5.91 Å². The van der Waals surface area contributed by atoms with E-state index in [0.717, 1.165) is 22.3 Å². The quantitative estimate of drug-likeness (QED) is 0.491. The van der Waals surface area contributed by atoms with E-state index in [-0.39, 0.29) is 11.8 Å². The third-order valence-electron chi connectivity index (χ3n) is 3.73. The molecule has 0 spiro atoms. The molecule has 0 N–H and O–H groups in total. The van der Waals surface area contributed by atoms with Crippen LogP contribution in [-0.4, -0.2) is 24.0 Å². The molecule has 1 aliphatic rings. The van der Waals surface area contributed by atoms with Gasteiger partial charge in [0.05, 0.1) is 5.52 Å². The van der Waals surface area contributed by atoms with Crippen molar-refractivity contribution in [2.45, 2.75) is 13.3 Å². The minimum Gasteiger partial charge on any atom is -0.312 e. The number of aromatic nitrogens is 1. The lowest BCUT2D eigenvalue weighted by Gasteiger charge is -2.17. The first-order chi connectivity index (χ1) is 10.2. The van der Waals surface area contributed by atoms with Crippen molar-refractivity contribution in [1.29, 1.82) is 0 Å². The van der Waals surface area contributed by atoms with Crippen LogP contribution < -0.4 is 4.90 Å². The Hall–Kier alpha value is -2.59. The van der Waals surface area contributed by atoms with Crippen LogP contribution in [0.5, 0.6) is 0 Å². The highest BCUT2D eigenvalue weighted by Crippen LogP contribution is 2.28. The lowest BCUT2D eigenvalue weighted by Crippen LogP contribution is -2.24. The van der Waals surface area contributed by atoms with Crippen LogP contribution in [-0.2, 0) is 4.79 Å². The smallest absolute Gasteiger partial charge is 0.227 e. The zero-order valence-corrected chi connectivity index (χ0v) is 11.7. The zero-order chi connectivity index (χ0) is 14.8. The summed E-state index contributed by atoms with van der Waals surface area (Å²) in [5.74, 6) is 0.174. The normalized spacial score (nSPS) is 18.0. The van der Waals surface area contributed by atoms with Gasteiger partial charge in [-0.2, -0.15) is 0 Å². The molecule has 1 fully saturated rings. The first kappa shape index (κ1) is 13.4. The summed E-state index contributed by atoms with van der Waals surface area (Å²) in [6.07, 6.45) is 0.434. The maximum atomic E-state index is 12.1. The average Bonchev–Trinajstić information content (AvgIpc) is 2.85. The summed E-state index contributed by atoms with van der Waals surface area (Å²) in [7, 11) is 0. The second-order valence-corrected chi connectivity index (χ2v) is 5.32. The van der Waals surface area contributed by atoms with Crippen LogP contribution in [0.3, 0.4) is 0 Å². The Kier molecular flexibility index (Phi) is 3.46. The maximum Gasteiger partial charge on any atom is 0.227 e. The van der Waals surface area contributed by atoms with Crippen molar-refractivity contribution < 1.29 is 4.79 Å². The van der Waals surface area contributed by atoms with Gasteiger partial charge in [-0.3, -0.25) is 9.78 Å². The number of anilines is 1. The van der Waals surface area contributed by atoms with Gasteiger partial charge in [-0.1, -0.05) is 11.2 Å². The number of azide groups is 1. The molecule has 1 atom stereocenters. The van der Waals surface area contributed by atoms with Crippen LogP contribution in [0.1, 0.15) is 12.1 Å². The minimum atomic E-state index is 0.0764. The number of rotatable bonds is 3. The number of carbonyl (C=O) groups excluding carboxylic acids is 1. The van der Waals surface area contributed by atoms with Gasteiger partial charge in [0.15, 0.2) is 0 Å². The molecule has 0 bridgehead atoms. The van der Waals surface area contributed by atoms with Crippen molar-refractivity contribution >= 4 is 22.5 Å². The number of amides is 1. The van der Waals surface area contributed by atoms with Crippen molar-refractivity contribution in [1.82, 2.24) is 4.98 Å². The Morgan fingerprint density at radius 3 is 3.10 bits per heavy atom. The van der Waals surface area contributed by atoms with E-state index in [1.54, 1.807) is 4.90 Å². The Labute approximate surface area is 122 Å². The number of fused-ring (bicyclic) bond motifs is 1. The summed E-state index contributed by atoms with van der Waals surface area (Å²) >= 11 is 0. The van der Waals surface area contributed by atoms with Crippen LogP contribution in [0.4, 0.5) is 5.69 Å². The predicted molar refractivity (Wildman–Crippen MR) is 81.0 cm³/mol. The highest BCUT2D eigenvalue weighted by molar-refractivity contribution is 5.97. The molecule has 1 amide bonds. The SMILES string of the molecule is Cc1ccc2cc(N3CC(CN=[N+]=[N-])CC3=O)ccc2n1. The molecule has 106 valence electrons. The molecule has 21 heavy (non-hydrogen) atoms. The van der Waals surface area contributed by atoms with Gasteiger partial charge in [0.1, 0.15) is 0 Å². The molecule has 6 heteroatoms. The fraction of sp³-hybridized carbons (Fsp3) is 0.333. The van der Waals surface area contributed by atoms with Gasteiger partial charge < -0.3 is 4.90 Å². The number of hydrogen-bond donors (Lipinski definition) is 0. The predicted octanol–water partition coefficient (Wildman–Crippen LogP) is 3.21. The van der Waals surface area contributed by atoms with Crippen LogP contribution in [0.25, 0.3) is 21.3 Å². The van der Waals surface area contributed by atoms with Gasteiger partial charge in [0.25, 0.3) is 0 Å². The van der Waals surface area contributed by atoms with Gasteiger partial charge in [0, 0.05) is 41.2 Å². The van der Waals surface area contributed by atoms with E-state index in [1.165, 1.54) is 0 Å². The lowest BCUT2D eigenvalue weighted by atomic mass is 10.1. The molecule has 0 radical (unpaired) electrons. The molecule has 3 rings (SSSR count). The zero-order valence-electron chi connectivity index (χ0n) is 11.7. The van der Waals surface area contributed by atoms with Crippen LogP contribution in [0, 0.1) is 12.8 Å². The molecule has 1 aromatic heterocycles.